The molecule has 1 aromatic rings. The zero-order valence-corrected chi connectivity index (χ0v) is 14.9. The number of carbonyl (C=O) groups excluding carboxylic acids is 1. The number of hydrogen-bond acceptors (Lipinski definition) is 1. The number of rotatable bonds is 3. The summed E-state index contributed by atoms with van der Waals surface area (Å²) >= 11 is 6.05. The molecule has 1 N–H and O–H groups in total. The van der Waals surface area contributed by atoms with E-state index in [0.29, 0.717) is 0 Å². The van der Waals surface area contributed by atoms with Crippen LogP contribution in [0, 0.1) is 17.8 Å². The molecular weight excluding hydrogens is 318 g/mol. The van der Waals surface area contributed by atoms with Gasteiger partial charge in [0.15, 0.2) is 0 Å². The summed E-state index contributed by atoms with van der Waals surface area (Å²) in [4.78, 5) is 13.4. The molecule has 4 bridgehead atoms. The van der Waals surface area contributed by atoms with Gasteiger partial charge >= 0.3 is 0 Å². The minimum Gasteiger partial charge on any atom is -0.350 e. The van der Waals surface area contributed by atoms with E-state index in [1.54, 1.807) is 0 Å². The van der Waals surface area contributed by atoms with E-state index in [0.717, 1.165) is 47.6 Å². The van der Waals surface area contributed by atoms with E-state index in [1.807, 2.05) is 12.1 Å². The van der Waals surface area contributed by atoms with E-state index < -0.39 is 0 Å². The predicted molar refractivity (Wildman–Crippen MR) is 96.0 cm³/mol. The van der Waals surface area contributed by atoms with Crippen molar-refractivity contribution in [2.24, 2.45) is 17.8 Å². The number of nitrogens with one attached hydrogen (secondary N) is 1. The molecule has 0 unspecified atom stereocenters. The van der Waals surface area contributed by atoms with E-state index >= 15 is 0 Å². The van der Waals surface area contributed by atoms with E-state index in [9.17, 15) is 4.79 Å². The van der Waals surface area contributed by atoms with Crippen LogP contribution >= 0.6 is 11.6 Å². The number of carbonyl (C=O) groups is 1. The molecule has 0 heterocycles. The lowest BCUT2D eigenvalue weighted by molar-refractivity contribution is -0.135. The Balaban J connectivity index is 1.40. The van der Waals surface area contributed by atoms with E-state index in [2.05, 4.69) is 17.4 Å². The third-order valence-corrected chi connectivity index (χ3v) is 7.71. The van der Waals surface area contributed by atoms with Crippen LogP contribution < -0.4 is 5.32 Å². The maximum absolute atomic E-state index is 13.4. The fourth-order valence-corrected chi connectivity index (χ4v) is 6.70. The second kappa shape index (κ2) is 5.24. The minimum absolute atomic E-state index is 0.112. The Morgan fingerprint density at radius 2 is 1.50 bits per heavy atom. The Labute approximate surface area is 149 Å². The van der Waals surface area contributed by atoms with Gasteiger partial charge in [0, 0.05) is 10.6 Å². The van der Waals surface area contributed by atoms with Crippen molar-refractivity contribution in [1.82, 2.24) is 5.32 Å². The third-order valence-electron chi connectivity index (χ3n) is 7.46. The first kappa shape index (κ1) is 15.3. The maximum Gasteiger partial charge on any atom is 0.231 e. The molecule has 0 aromatic heterocycles. The molecule has 5 fully saturated rings. The van der Waals surface area contributed by atoms with Crippen LogP contribution in [0.15, 0.2) is 24.3 Å². The molecule has 5 saturated carbocycles. The fraction of sp³-hybridized carbons (Fsp3) is 0.667. The van der Waals surface area contributed by atoms with Crippen molar-refractivity contribution in [3.8, 4) is 0 Å². The van der Waals surface area contributed by atoms with Gasteiger partial charge in [-0.15, -0.1) is 0 Å². The standard InChI is InChI=1S/C21H26ClNO/c22-18-4-2-17(3-5-18)21(6-1-7-21)19(24)23-20-11-14-8-15(12-20)10-16(9-14)13-20/h2-5,14-16H,1,6-13H2,(H,23,24). The molecule has 6 rings (SSSR count). The lowest BCUT2D eigenvalue weighted by Gasteiger charge is -2.58. The number of halogens is 1. The molecule has 0 spiro atoms. The summed E-state index contributed by atoms with van der Waals surface area (Å²) < 4.78 is 0. The first-order chi connectivity index (χ1) is 11.6. The maximum atomic E-state index is 13.4. The summed E-state index contributed by atoms with van der Waals surface area (Å²) in [5, 5.41) is 4.35. The lowest BCUT2D eigenvalue weighted by Crippen LogP contribution is -2.63. The monoisotopic (exact) mass is 343 g/mol. The van der Waals surface area contributed by atoms with Crippen molar-refractivity contribution < 1.29 is 4.79 Å². The molecule has 0 atom stereocenters. The molecule has 5 aliphatic carbocycles. The van der Waals surface area contributed by atoms with Crippen LogP contribution in [0.2, 0.25) is 5.02 Å². The highest BCUT2D eigenvalue weighted by atomic mass is 35.5. The second-order valence-corrected chi connectivity index (χ2v) is 9.53. The summed E-state index contributed by atoms with van der Waals surface area (Å²) in [5.41, 5.74) is 0.967. The first-order valence-electron chi connectivity index (χ1n) is 9.66. The summed E-state index contributed by atoms with van der Waals surface area (Å²) in [6.07, 6.45) is 11.0. The highest BCUT2D eigenvalue weighted by Crippen LogP contribution is 2.56. The smallest absolute Gasteiger partial charge is 0.231 e. The van der Waals surface area contributed by atoms with Gasteiger partial charge < -0.3 is 5.32 Å². The Morgan fingerprint density at radius 1 is 0.958 bits per heavy atom. The average molecular weight is 344 g/mol. The quantitative estimate of drug-likeness (QED) is 0.835. The highest BCUT2D eigenvalue weighted by molar-refractivity contribution is 6.30. The minimum atomic E-state index is -0.298. The summed E-state index contributed by atoms with van der Waals surface area (Å²) in [5.74, 6) is 2.89. The van der Waals surface area contributed by atoms with E-state index in [-0.39, 0.29) is 16.9 Å². The average Bonchev–Trinajstić information content (AvgIpc) is 2.46. The van der Waals surface area contributed by atoms with Gasteiger partial charge in [-0.25, -0.2) is 0 Å². The van der Waals surface area contributed by atoms with Gasteiger partial charge in [-0.3, -0.25) is 4.79 Å². The van der Waals surface area contributed by atoms with Crippen molar-refractivity contribution in [2.75, 3.05) is 0 Å². The molecule has 2 nitrogen and oxygen atoms in total. The van der Waals surface area contributed by atoms with Crippen LogP contribution in [0.4, 0.5) is 0 Å². The van der Waals surface area contributed by atoms with E-state index in [4.69, 9.17) is 11.6 Å². The molecule has 3 heteroatoms. The Hall–Kier alpha value is -1.02. The first-order valence-corrected chi connectivity index (χ1v) is 10.0. The normalized spacial score (nSPS) is 38.6. The Bertz CT molecular complexity index is 626. The molecular formula is C21H26ClNO. The largest absolute Gasteiger partial charge is 0.350 e. The molecule has 1 amide bonds. The van der Waals surface area contributed by atoms with Crippen molar-refractivity contribution >= 4 is 17.5 Å². The number of hydrogen-bond donors (Lipinski definition) is 1. The Kier molecular flexibility index (Phi) is 3.33. The number of amides is 1. The van der Waals surface area contributed by atoms with Crippen molar-refractivity contribution in [3.05, 3.63) is 34.9 Å². The molecule has 0 radical (unpaired) electrons. The van der Waals surface area contributed by atoms with Crippen molar-refractivity contribution in [2.45, 2.75) is 68.7 Å². The zero-order chi connectivity index (χ0) is 16.4. The Morgan fingerprint density at radius 3 is 1.96 bits per heavy atom. The topological polar surface area (TPSA) is 29.1 Å². The fourth-order valence-electron chi connectivity index (χ4n) is 6.57. The SMILES string of the molecule is O=C(NC12CC3CC(CC(C3)C1)C2)C1(c2ccc(Cl)cc2)CCC1. The van der Waals surface area contributed by atoms with Gasteiger partial charge in [0.05, 0.1) is 5.41 Å². The van der Waals surface area contributed by atoms with E-state index in [1.165, 1.54) is 38.5 Å². The number of benzene rings is 1. The van der Waals surface area contributed by atoms with Gasteiger partial charge in [0.2, 0.25) is 5.91 Å². The van der Waals surface area contributed by atoms with Crippen LogP contribution in [0.3, 0.4) is 0 Å². The summed E-state index contributed by atoms with van der Waals surface area (Å²) in [6.45, 7) is 0. The predicted octanol–water partition coefficient (Wildman–Crippen LogP) is 4.85. The molecule has 128 valence electrons. The van der Waals surface area contributed by atoms with Crippen LogP contribution in [-0.4, -0.2) is 11.4 Å². The van der Waals surface area contributed by atoms with Gasteiger partial charge in [-0.05, 0) is 86.8 Å². The second-order valence-electron chi connectivity index (χ2n) is 9.09. The highest BCUT2D eigenvalue weighted by Gasteiger charge is 2.54. The van der Waals surface area contributed by atoms with Gasteiger partial charge in [0.25, 0.3) is 0 Å². The van der Waals surface area contributed by atoms with Crippen molar-refractivity contribution in [1.29, 1.82) is 0 Å². The van der Waals surface area contributed by atoms with Crippen LogP contribution in [0.1, 0.15) is 63.4 Å². The van der Waals surface area contributed by atoms with Gasteiger partial charge in [-0.2, -0.15) is 0 Å². The van der Waals surface area contributed by atoms with Gasteiger partial charge in [0.1, 0.15) is 0 Å². The lowest BCUT2D eigenvalue weighted by atomic mass is 9.52. The molecule has 24 heavy (non-hydrogen) atoms. The third kappa shape index (κ3) is 2.25. The molecule has 1 aromatic carbocycles. The van der Waals surface area contributed by atoms with Crippen LogP contribution in [-0.2, 0) is 10.2 Å². The molecule has 0 saturated heterocycles. The summed E-state index contributed by atoms with van der Waals surface area (Å²) in [7, 11) is 0. The van der Waals surface area contributed by atoms with Crippen molar-refractivity contribution in [3.63, 3.8) is 0 Å². The van der Waals surface area contributed by atoms with Crippen LogP contribution in [0.25, 0.3) is 0 Å². The summed E-state index contributed by atoms with van der Waals surface area (Å²) in [6, 6.07) is 7.96. The molecule has 5 aliphatic rings. The van der Waals surface area contributed by atoms with Crippen LogP contribution in [0.5, 0.6) is 0 Å². The van der Waals surface area contributed by atoms with Gasteiger partial charge in [-0.1, -0.05) is 30.2 Å². The zero-order valence-electron chi connectivity index (χ0n) is 14.2. The molecule has 0 aliphatic heterocycles.